The first-order valence-electron chi connectivity index (χ1n) is 9.98. The molecule has 11 heteroatoms. The Labute approximate surface area is 182 Å². The van der Waals surface area contributed by atoms with Gasteiger partial charge >= 0.3 is 11.9 Å². The molecule has 3 rings (SSSR count). The van der Waals surface area contributed by atoms with Crippen LogP contribution in [-0.4, -0.2) is 65.7 Å². The molecule has 2 aliphatic heterocycles. The third kappa shape index (κ3) is 8.09. The second kappa shape index (κ2) is 10.4. The second-order valence-corrected chi connectivity index (χ2v) is 9.09. The summed E-state index contributed by atoms with van der Waals surface area (Å²) in [5.41, 5.74) is 6.78. The highest BCUT2D eigenvalue weighted by Crippen LogP contribution is 2.38. The van der Waals surface area contributed by atoms with E-state index < -0.39 is 10.4 Å². The number of piperidine rings is 1. The van der Waals surface area contributed by atoms with Crippen molar-refractivity contribution >= 4 is 28.0 Å². The number of benzene rings is 1. The van der Waals surface area contributed by atoms with E-state index in [-0.39, 0.29) is 36.2 Å². The highest BCUT2D eigenvalue weighted by atomic mass is 32.3. The molecular formula is C20H28N2O8S-2. The maximum Gasteiger partial charge on any atom is 0.338 e. The van der Waals surface area contributed by atoms with Gasteiger partial charge in [0.05, 0.1) is 11.6 Å². The molecule has 4 unspecified atom stereocenters. The summed E-state index contributed by atoms with van der Waals surface area (Å²) in [6.07, 6.45) is 2.46. The van der Waals surface area contributed by atoms with E-state index in [0.717, 1.165) is 12.8 Å². The number of nitrogens with two attached hydrogens (primary N) is 1. The van der Waals surface area contributed by atoms with E-state index in [1.807, 2.05) is 13.8 Å². The Hall–Kier alpha value is -2.21. The third-order valence-electron chi connectivity index (χ3n) is 5.35. The lowest BCUT2D eigenvalue weighted by Gasteiger charge is -2.36. The van der Waals surface area contributed by atoms with E-state index in [1.54, 1.807) is 24.3 Å². The Bertz CT molecular complexity index is 864. The number of hydrogen-bond donors (Lipinski definition) is 1. The molecule has 4 atom stereocenters. The average Bonchev–Trinajstić information content (AvgIpc) is 2.79. The number of ether oxygens (including phenoxy) is 2. The predicted octanol–water partition coefficient (Wildman–Crippen LogP) is 1.28. The van der Waals surface area contributed by atoms with Gasteiger partial charge in [0.1, 0.15) is 12.2 Å². The van der Waals surface area contributed by atoms with Crippen LogP contribution in [0.1, 0.15) is 49.9 Å². The highest BCUT2D eigenvalue weighted by molar-refractivity contribution is 7.79. The molecule has 2 heterocycles. The molecule has 2 fully saturated rings. The van der Waals surface area contributed by atoms with Gasteiger partial charge in [-0.25, -0.2) is 4.79 Å². The van der Waals surface area contributed by atoms with Gasteiger partial charge in [-0.1, -0.05) is 13.8 Å². The zero-order valence-corrected chi connectivity index (χ0v) is 18.5. The van der Waals surface area contributed by atoms with E-state index in [0.29, 0.717) is 30.0 Å². The minimum absolute atomic E-state index is 0.0864. The molecule has 0 amide bonds. The van der Waals surface area contributed by atoms with Crippen molar-refractivity contribution in [1.82, 2.24) is 4.90 Å². The Morgan fingerprint density at radius 1 is 1.13 bits per heavy atom. The average molecular weight is 457 g/mol. The summed E-state index contributed by atoms with van der Waals surface area (Å²) >= 11 is 0. The van der Waals surface area contributed by atoms with Crippen molar-refractivity contribution < 1.29 is 36.6 Å². The molecular weight excluding hydrogens is 428 g/mol. The Morgan fingerprint density at radius 3 is 2.26 bits per heavy atom. The normalized spacial score (nSPS) is 25.5. The molecule has 0 aromatic heterocycles. The molecule has 2 aliphatic rings. The Kier molecular flexibility index (Phi) is 8.41. The summed E-state index contributed by atoms with van der Waals surface area (Å²) in [4.78, 5) is 26.7. The lowest BCUT2D eigenvalue weighted by molar-refractivity contribution is -0.153. The number of fused-ring (bicyclic) bond motifs is 2. The first kappa shape index (κ1) is 25.1. The molecule has 174 valence electrons. The standard InChI is InChI=1S/C20H28N2O4.H2O4S/c1-12(2)8-19(23)25-16-9-15-10-18(17(11-16)22(15)3)26-20(24)13-4-6-14(21)7-5-13;1-5(2,3)4/h4-7,12,15-18H,8-11,21H2,1-3H3;(H2,1,2,3,4)/p-2. The number of esters is 2. The molecule has 0 aliphatic carbocycles. The number of nitrogen functional groups attached to an aromatic ring is 1. The first-order valence-corrected chi connectivity index (χ1v) is 11.3. The van der Waals surface area contributed by atoms with Gasteiger partial charge < -0.3 is 24.3 Å². The van der Waals surface area contributed by atoms with Crippen LogP contribution in [0.4, 0.5) is 5.69 Å². The number of likely N-dealkylation sites (N-methyl/N-ethyl adjacent to an activating group) is 1. The molecule has 1 aromatic rings. The van der Waals surface area contributed by atoms with Crippen molar-refractivity contribution in [3.05, 3.63) is 29.8 Å². The number of rotatable bonds is 5. The van der Waals surface area contributed by atoms with Gasteiger partial charge in [-0.15, -0.1) is 0 Å². The number of anilines is 1. The molecule has 1 aromatic carbocycles. The van der Waals surface area contributed by atoms with Crippen LogP contribution in [0.5, 0.6) is 0 Å². The lowest BCUT2D eigenvalue weighted by Crippen LogP contribution is -2.46. The molecule has 0 radical (unpaired) electrons. The summed E-state index contributed by atoms with van der Waals surface area (Å²) < 4.78 is 45.5. The van der Waals surface area contributed by atoms with Crippen LogP contribution in [0.2, 0.25) is 0 Å². The van der Waals surface area contributed by atoms with Crippen molar-refractivity contribution in [2.24, 2.45) is 5.92 Å². The molecule has 2 saturated heterocycles. The monoisotopic (exact) mass is 456 g/mol. The largest absolute Gasteiger partial charge is 0.759 e. The van der Waals surface area contributed by atoms with Gasteiger partial charge in [0.25, 0.3) is 0 Å². The van der Waals surface area contributed by atoms with Crippen molar-refractivity contribution in [2.75, 3.05) is 12.8 Å². The van der Waals surface area contributed by atoms with Gasteiger partial charge in [-0.05, 0) is 37.2 Å². The topological polar surface area (TPSA) is 162 Å². The third-order valence-corrected chi connectivity index (χ3v) is 5.35. The van der Waals surface area contributed by atoms with Crippen molar-refractivity contribution in [1.29, 1.82) is 0 Å². The van der Waals surface area contributed by atoms with E-state index in [9.17, 15) is 9.59 Å². The van der Waals surface area contributed by atoms with Crippen LogP contribution in [0.15, 0.2) is 24.3 Å². The van der Waals surface area contributed by atoms with Crippen LogP contribution < -0.4 is 5.73 Å². The Balaban J connectivity index is 0.000000614. The summed E-state index contributed by atoms with van der Waals surface area (Å²) in [7, 11) is -3.11. The molecule has 2 N–H and O–H groups in total. The zero-order valence-electron chi connectivity index (χ0n) is 17.7. The van der Waals surface area contributed by atoms with E-state index in [1.165, 1.54) is 0 Å². The number of carbonyl (C=O) groups is 2. The number of nitrogens with zero attached hydrogens (tertiary/aromatic N) is 1. The highest BCUT2D eigenvalue weighted by Gasteiger charge is 2.47. The van der Waals surface area contributed by atoms with Gasteiger partial charge in [0.2, 0.25) is 0 Å². The van der Waals surface area contributed by atoms with Gasteiger partial charge in [-0.3, -0.25) is 18.1 Å². The van der Waals surface area contributed by atoms with Crippen LogP contribution in [0.3, 0.4) is 0 Å². The van der Waals surface area contributed by atoms with Gasteiger partial charge in [0, 0.05) is 47.8 Å². The smallest absolute Gasteiger partial charge is 0.338 e. The molecule has 0 spiro atoms. The predicted molar refractivity (Wildman–Crippen MR) is 109 cm³/mol. The van der Waals surface area contributed by atoms with Crippen LogP contribution >= 0.6 is 0 Å². The first-order chi connectivity index (χ1) is 14.3. The maximum atomic E-state index is 12.4. The number of carbonyl (C=O) groups excluding carboxylic acids is 2. The molecule has 2 bridgehead atoms. The van der Waals surface area contributed by atoms with E-state index in [2.05, 4.69) is 11.9 Å². The fourth-order valence-electron chi connectivity index (χ4n) is 3.99. The van der Waals surface area contributed by atoms with Crippen molar-refractivity contribution in [2.45, 2.75) is 63.8 Å². The summed E-state index contributed by atoms with van der Waals surface area (Å²) in [6, 6.07) is 7.11. The summed E-state index contributed by atoms with van der Waals surface area (Å²) in [6.45, 7) is 4.01. The molecule has 0 saturated carbocycles. The molecule has 10 nitrogen and oxygen atoms in total. The molecule has 31 heavy (non-hydrogen) atoms. The van der Waals surface area contributed by atoms with Crippen LogP contribution in [-0.2, 0) is 24.7 Å². The fourth-order valence-corrected chi connectivity index (χ4v) is 3.99. The van der Waals surface area contributed by atoms with Crippen molar-refractivity contribution in [3.63, 3.8) is 0 Å². The fraction of sp³-hybridized carbons (Fsp3) is 0.600. The van der Waals surface area contributed by atoms with Gasteiger partial charge in [-0.2, -0.15) is 0 Å². The maximum absolute atomic E-state index is 12.4. The van der Waals surface area contributed by atoms with Gasteiger partial charge in [0.15, 0.2) is 0 Å². The minimum Gasteiger partial charge on any atom is -0.759 e. The summed E-state index contributed by atoms with van der Waals surface area (Å²) in [5, 5.41) is 0. The minimum atomic E-state index is -5.17. The Morgan fingerprint density at radius 2 is 1.71 bits per heavy atom. The lowest BCUT2D eigenvalue weighted by atomic mass is 10.00. The SMILES string of the molecule is CC(C)CC(=O)OC1CC2CC(OC(=O)c3ccc(N)cc3)C(C1)N2C.O=S(=O)([O-])[O-]. The second-order valence-electron chi connectivity index (χ2n) is 8.28. The van der Waals surface area contributed by atoms with Crippen LogP contribution in [0, 0.1) is 5.92 Å². The van der Waals surface area contributed by atoms with Crippen molar-refractivity contribution in [3.8, 4) is 0 Å². The quantitative estimate of drug-likeness (QED) is 0.295. The van der Waals surface area contributed by atoms with E-state index in [4.69, 9.17) is 32.7 Å². The number of hydrogen-bond acceptors (Lipinski definition) is 10. The van der Waals surface area contributed by atoms with Crippen LogP contribution in [0.25, 0.3) is 0 Å². The summed E-state index contributed by atoms with van der Waals surface area (Å²) in [5.74, 6) is -0.173. The zero-order chi connectivity index (χ0) is 23.3. The van der Waals surface area contributed by atoms with E-state index >= 15 is 0 Å².